The smallest absolute Gasteiger partial charge is 0.322 e. The van der Waals surface area contributed by atoms with Gasteiger partial charge in [-0.3, -0.25) is 4.79 Å². The van der Waals surface area contributed by atoms with Crippen LogP contribution < -0.4 is 25.1 Å². The zero-order valence-corrected chi connectivity index (χ0v) is 19.2. The molecule has 8 nitrogen and oxygen atoms in total. The Balaban J connectivity index is 1.44. The van der Waals surface area contributed by atoms with Crippen LogP contribution in [0.25, 0.3) is 10.9 Å². The summed E-state index contributed by atoms with van der Waals surface area (Å²) >= 11 is 0. The van der Waals surface area contributed by atoms with Gasteiger partial charge in [0.15, 0.2) is 11.5 Å². The van der Waals surface area contributed by atoms with Gasteiger partial charge in [0.25, 0.3) is 5.56 Å². The molecule has 0 saturated heterocycles. The van der Waals surface area contributed by atoms with Gasteiger partial charge < -0.3 is 29.4 Å². The molecule has 8 heteroatoms. The third-order valence-electron chi connectivity index (χ3n) is 5.79. The molecule has 5 rings (SSSR count). The van der Waals surface area contributed by atoms with Crippen LogP contribution in [0.15, 0.2) is 77.6 Å². The molecule has 1 aliphatic rings. The summed E-state index contributed by atoms with van der Waals surface area (Å²) in [6.45, 7) is 1.40. The Labute approximate surface area is 202 Å². The molecule has 0 saturated carbocycles. The van der Waals surface area contributed by atoms with Crippen molar-refractivity contribution in [2.24, 2.45) is 0 Å². The monoisotopic (exact) mass is 471 g/mol. The van der Waals surface area contributed by atoms with Crippen LogP contribution in [-0.2, 0) is 13.1 Å². The molecule has 0 fully saturated rings. The molecule has 0 radical (unpaired) electrons. The van der Waals surface area contributed by atoms with Gasteiger partial charge in [0, 0.05) is 29.2 Å². The van der Waals surface area contributed by atoms with E-state index in [0.717, 1.165) is 10.9 Å². The first-order valence-corrected chi connectivity index (χ1v) is 11.3. The highest BCUT2D eigenvalue weighted by atomic mass is 16.6. The predicted octanol–water partition coefficient (Wildman–Crippen LogP) is 4.54. The standard InChI is InChI=1S/C27H25N3O5/c1-33-22-9-7-21(8-10-22)28-27(32)30(16-18-5-3-2-4-6-18)17-20-13-19-14-24-25(35-12-11-34-24)15-23(19)29-26(20)31/h2-10,13-15H,11-12,16-17H2,1H3,(H,28,32)(H,29,31). The van der Waals surface area contributed by atoms with Gasteiger partial charge in [-0.05, 0) is 42.0 Å². The first-order valence-electron chi connectivity index (χ1n) is 11.3. The summed E-state index contributed by atoms with van der Waals surface area (Å²) in [4.78, 5) is 30.7. The number of urea groups is 1. The van der Waals surface area contributed by atoms with Crippen molar-refractivity contribution in [3.63, 3.8) is 0 Å². The molecule has 35 heavy (non-hydrogen) atoms. The molecule has 4 aromatic rings. The summed E-state index contributed by atoms with van der Waals surface area (Å²) in [6.07, 6.45) is 0. The molecule has 2 amide bonds. The van der Waals surface area contributed by atoms with Crippen LogP contribution in [0, 0.1) is 0 Å². The molecule has 0 bridgehead atoms. The molecule has 1 aromatic heterocycles. The molecule has 3 aromatic carbocycles. The number of anilines is 1. The predicted molar refractivity (Wildman–Crippen MR) is 133 cm³/mol. The highest BCUT2D eigenvalue weighted by Gasteiger charge is 2.19. The first kappa shape index (κ1) is 22.3. The van der Waals surface area contributed by atoms with Gasteiger partial charge in [0.2, 0.25) is 0 Å². The van der Waals surface area contributed by atoms with Gasteiger partial charge in [0.1, 0.15) is 19.0 Å². The number of aromatic nitrogens is 1. The van der Waals surface area contributed by atoms with Crippen molar-refractivity contribution in [3.05, 3.63) is 94.3 Å². The number of fused-ring (bicyclic) bond motifs is 2. The molecular weight excluding hydrogens is 446 g/mol. The highest BCUT2D eigenvalue weighted by molar-refractivity contribution is 5.89. The Bertz CT molecular complexity index is 1400. The molecule has 0 spiro atoms. The van der Waals surface area contributed by atoms with Crippen LogP contribution in [0.2, 0.25) is 0 Å². The Hall–Kier alpha value is -4.46. The summed E-state index contributed by atoms with van der Waals surface area (Å²) in [5.74, 6) is 1.94. The minimum atomic E-state index is -0.319. The van der Waals surface area contributed by atoms with Gasteiger partial charge in [-0.15, -0.1) is 0 Å². The minimum absolute atomic E-state index is 0.122. The second-order valence-electron chi connectivity index (χ2n) is 8.21. The number of H-pyrrole nitrogens is 1. The number of methoxy groups -OCH3 is 1. The van der Waals surface area contributed by atoms with Gasteiger partial charge in [-0.2, -0.15) is 0 Å². The van der Waals surface area contributed by atoms with Crippen molar-refractivity contribution in [2.75, 3.05) is 25.6 Å². The van der Waals surface area contributed by atoms with E-state index in [1.165, 1.54) is 0 Å². The molecule has 2 heterocycles. The van der Waals surface area contributed by atoms with Gasteiger partial charge in [-0.1, -0.05) is 30.3 Å². The van der Waals surface area contributed by atoms with Crippen LogP contribution in [0.5, 0.6) is 17.2 Å². The third-order valence-corrected chi connectivity index (χ3v) is 5.79. The third kappa shape index (κ3) is 5.06. The lowest BCUT2D eigenvalue weighted by molar-refractivity contribution is 0.172. The number of nitrogens with zero attached hydrogens (tertiary/aromatic N) is 1. The van der Waals surface area contributed by atoms with E-state index in [4.69, 9.17) is 14.2 Å². The van der Waals surface area contributed by atoms with E-state index in [-0.39, 0.29) is 18.1 Å². The maximum absolute atomic E-state index is 13.3. The number of ether oxygens (including phenoxy) is 3. The molecule has 0 aliphatic carbocycles. The van der Waals surface area contributed by atoms with E-state index in [1.807, 2.05) is 36.4 Å². The number of pyridine rings is 1. The van der Waals surface area contributed by atoms with Crippen molar-refractivity contribution in [1.82, 2.24) is 9.88 Å². The molecule has 2 N–H and O–H groups in total. The summed E-state index contributed by atoms with van der Waals surface area (Å²) in [6, 6.07) is 21.8. The van der Waals surface area contributed by atoms with Crippen LogP contribution >= 0.6 is 0 Å². The average Bonchev–Trinajstić information content (AvgIpc) is 2.88. The number of aromatic amines is 1. The lowest BCUT2D eigenvalue weighted by Gasteiger charge is -2.24. The summed E-state index contributed by atoms with van der Waals surface area (Å²) in [5, 5.41) is 3.72. The second-order valence-corrected chi connectivity index (χ2v) is 8.21. The minimum Gasteiger partial charge on any atom is -0.497 e. The number of carbonyl (C=O) groups is 1. The fourth-order valence-corrected chi connectivity index (χ4v) is 3.99. The van der Waals surface area contributed by atoms with E-state index in [9.17, 15) is 9.59 Å². The Morgan fingerprint density at radius 1 is 0.971 bits per heavy atom. The van der Waals surface area contributed by atoms with Crippen LogP contribution in [-0.4, -0.2) is 36.2 Å². The van der Waals surface area contributed by atoms with Crippen LogP contribution in [0.1, 0.15) is 11.1 Å². The lowest BCUT2D eigenvalue weighted by Crippen LogP contribution is -2.35. The fraction of sp³-hybridized carbons (Fsp3) is 0.185. The van der Waals surface area contributed by atoms with Gasteiger partial charge in [-0.25, -0.2) is 4.79 Å². The molecule has 178 valence electrons. The molecular formula is C27H25N3O5. The SMILES string of the molecule is COc1ccc(NC(=O)N(Cc2ccccc2)Cc2cc3cc4c(cc3[nH]c2=O)OCCO4)cc1. The van der Waals surface area contributed by atoms with Gasteiger partial charge in [0.05, 0.1) is 19.2 Å². The zero-order chi connectivity index (χ0) is 24.2. The number of carbonyl (C=O) groups excluding carboxylic acids is 1. The maximum Gasteiger partial charge on any atom is 0.322 e. The van der Waals surface area contributed by atoms with Crippen LogP contribution in [0.4, 0.5) is 10.5 Å². The average molecular weight is 472 g/mol. The summed E-state index contributed by atoms with van der Waals surface area (Å²) in [7, 11) is 1.59. The topological polar surface area (TPSA) is 92.9 Å². The van der Waals surface area contributed by atoms with E-state index in [2.05, 4.69) is 10.3 Å². The summed E-state index contributed by atoms with van der Waals surface area (Å²) in [5.41, 5.74) is 2.44. The van der Waals surface area contributed by atoms with E-state index in [1.54, 1.807) is 48.4 Å². The highest BCUT2D eigenvalue weighted by Crippen LogP contribution is 2.33. The number of benzene rings is 3. The van der Waals surface area contributed by atoms with E-state index in [0.29, 0.717) is 53.8 Å². The van der Waals surface area contributed by atoms with Crippen LogP contribution in [0.3, 0.4) is 0 Å². The van der Waals surface area contributed by atoms with Crippen molar-refractivity contribution < 1.29 is 19.0 Å². The molecule has 0 unspecified atom stereocenters. The molecule has 1 aliphatic heterocycles. The van der Waals surface area contributed by atoms with E-state index >= 15 is 0 Å². The maximum atomic E-state index is 13.3. The lowest BCUT2D eigenvalue weighted by atomic mass is 10.1. The Kier molecular flexibility index (Phi) is 6.26. The van der Waals surface area contributed by atoms with Crippen molar-refractivity contribution in [3.8, 4) is 17.2 Å². The van der Waals surface area contributed by atoms with Gasteiger partial charge >= 0.3 is 6.03 Å². The normalized spacial score (nSPS) is 12.3. The fourth-order valence-electron chi connectivity index (χ4n) is 3.99. The largest absolute Gasteiger partial charge is 0.497 e. The Morgan fingerprint density at radius 2 is 1.69 bits per heavy atom. The number of amides is 2. The quantitative estimate of drug-likeness (QED) is 0.431. The number of nitrogens with one attached hydrogen (secondary N) is 2. The number of hydrogen-bond donors (Lipinski definition) is 2. The second kappa shape index (κ2) is 9.80. The number of rotatable bonds is 6. The number of hydrogen-bond acceptors (Lipinski definition) is 5. The van der Waals surface area contributed by atoms with E-state index < -0.39 is 0 Å². The molecule has 0 atom stereocenters. The summed E-state index contributed by atoms with van der Waals surface area (Å²) < 4.78 is 16.5. The van der Waals surface area contributed by atoms with Crippen molar-refractivity contribution in [2.45, 2.75) is 13.1 Å². The van der Waals surface area contributed by atoms with Crippen molar-refractivity contribution >= 4 is 22.6 Å². The zero-order valence-electron chi connectivity index (χ0n) is 19.2. The Morgan fingerprint density at radius 3 is 2.40 bits per heavy atom. The first-order chi connectivity index (χ1) is 17.1. The van der Waals surface area contributed by atoms with Crippen molar-refractivity contribution in [1.29, 1.82) is 0 Å².